The van der Waals surface area contributed by atoms with Crippen LogP contribution in [0.25, 0.3) is 0 Å². The van der Waals surface area contributed by atoms with Crippen LogP contribution in [-0.2, 0) is 0 Å². The van der Waals surface area contributed by atoms with Gasteiger partial charge >= 0.3 is 0 Å². The fourth-order valence-corrected chi connectivity index (χ4v) is 2.00. The third-order valence-electron chi connectivity index (χ3n) is 3.09. The maximum absolute atomic E-state index is 5.37. The lowest BCUT2D eigenvalue weighted by Crippen LogP contribution is -2.20. The Balaban J connectivity index is 2.38. The molecule has 0 aliphatic rings. The van der Waals surface area contributed by atoms with Gasteiger partial charge < -0.3 is 10.1 Å². The monoisotopic (exact) mass is 235 g/mol. The van der Waals surface area contributed by atoms with E-state index in [1.807, 2.05) is 12.1 Å². The van der Waals surface area contributed by atoms with Crippen LogP contribution in [0.5, 0.6) is 5.75 Å². The summed E-state index contributed by atoms with van der Waals surface area (Å²) < 4.78 is 5.37. The van der Waals surface area contributed by atoms with E-state index in [0.29, 0.717) is 6.04 Å². The number of hydrogen-bond acceptors (Lipinski definition) is 2. The molecule has 2 heteroatoms. The summed E-state index contributed by atoms with van der Waals surface area (Å²) in [6.45, 7) is 5.52. The first kappa shape index (κ1) is 14.0. The predicted molar refractivity (Wildman–Crippen MR) is 73.6 cm³/mol. The molecule has 96 valence electrons. The smallest absolute Gasteiger partial charge is 0.123 e. The molecule has 0 amide bonds. The van der Waals surface area contributed by atoms with Gasteiger partial charge in [0.1, 0.15) is 5.75 Å². The summed E-state index contributed by atoms with van der Waals surface area (Å²) >= 11 is 0. The van der Waals surface area contributed by atoms with Crippen LogP contribution >= 0.6 is 0 Å². The van der Waals surface area contributed by atoms with E-state index in [2.05, 4.69) is 31.3 Å². The third-order valence-corrected chi connectivity index (χ3v) is 3.09. The highest BCUT2D eigenvalue weighted by atomic mass is 16.5. The van der Waals surface area contributed by atoms with Crippen molar-refractivity contribution >= 4 is 0 Å². The number of methoxy groups -OCH3 is 1. The Morgan fingerprint density at radius 2 is 1.94 bits per heavy atom. The van der Waals surface area contributed by atoms with Crippen molar-refractivity contribution in [1.29, 1.82) is 0 Å². The molecule has 17 heavy (non-hydrogen) atoms. The van der Waals surface area contributed by atoms with E-state index in [0.717, 1.165) is 12.3 Å². The molecule has 0 aliphatic heterocycles. The summed E-state index contributed by atoms with van der Waals surface area (Å²) in [5, 5.41) is 3.55. The van der Waals surface area contributed by atoms with Crippen molar-refractivity contribution in [3.05, 3.63) is 29.8 Å². The second kappa shape index (κ2) is 8.13. The summed E-state index contributed by atoms with van der Waals surface area (Å²) in [7, 11) is 1.73. The Morgan fingerprint density at radius 3 is 2.65 bits per heavy atom. The average Bonchev–Trinajstić information content (AvgIpc) is 2.38. The van der Waals surface area contributed by atoms with Crippen LogP contribution in [-0.4, -0.2) is 13.7 Å². The molecular weight excluding hydrogens is 210 g/mol. The van der Waals surface area contributed by atoms with Crippen LogP contribution in [0.2, 0.25) is 0 Å². The zero-order chi connectivity index (χ0) is 12.5. The van der Waals surface area contributed by atoms with Gasteiger partial charge in [-0.2, -0.15) is 0 Å². The number of rotatable bonds is 8. The summed E-state index contributed by atoms with van der Waals surface area (Å²) in [6.07, 6.45) is 5.21. The van der Waals surface area contributed by atoms with Crippen LogP contribution in [0, 0.1) is 0 Å². The van der Waals surface area contributed by atoms with Crippen LogP contribution < -0.4 is 10.1 Å². The van der Waals surface area contributed by atoms with E-state index in [1.165, 1.54) is 31.2 Å². The van der Waals surface area contributed by atoms with E-state index in [1.54, 1.807) is 7.11 Å². The van der Waals surface area contributed by atoms with Gasteiger partial charge in [0.05, 0.1) is 7.11 Å². The maximum atomic E-state index is 5.37. The predicted octanol–water partition coefficient (Wildman–Crippen LogP) is 3.93. The van der Waals surface area contributed by atoms with Gasteiger partial charge in [0.15, 0.2) is 0 Å². The molecule has 0 aliphatic carbocycles. The van der Waals surface area contributed by atoms with E-state index in [4.69, 9.17) is 4.74 Å². The number of nitrogens with one attached hydrogen (secondary N) is 1. The first-order valence-electron chi connectivity index (χ1n) is 6.66. The Kier molecular flexibility index (Phi) is 6.71. The summed E-state index contributed by atoms with van der Waals surface area (Å²) in [5.74, 6) is 0.973. The topological polar surface area (TPSA) is 21.3 Å². The minimum Gasteiger partial charge on any atom is -0.496 e. The van der Waals surface area contributed by atoms with E-state index < -0.39 is 0 Å². The Hall–Kier alpha value is -1.02. The van der Waals surface area contributed by atoms with Crippen molar-refractivity contribution < 1.29 is 4.74 Å². The molecule has 0 bridgehead atoms. The average molecular weight is 235 g/mol. The van der Waals surface area contributed by atoms with Crippen molar-refractivity contribution in [3.63, 3.8) is 0 Å². The normalized spacial score (nSPS) is 12.4. The van der Waals surface area contributed by atoms with E-state index in [-0.39, 0.29) is 0 Å². The van der Waals surface area contributed by atoms with Gasteiger partial charge in [0.25, 0.3) is 0 Å². The van der Waals surface area contributed by atoms with Gasteiger partial charge in [-0.25, -0.2) is 0 Å². The van der Waals surface area contributed by atoms with Gasteiger partial charge in [0.2, 0.25) is 0 Å². The number of unbranched alkanes of at least 4 members (excludes halogenated alkanes) is 3. The molecule has 0 fully saturated rings. The minimum atomic E-state index is 0.354. The fourth-order valence-electron chi connectivity index (χ4n) is 2.00. The highest BCUT2D eigenvalue weighted by molar-refractivity contribution is 5.35. The zero-order valence-corrected chi connectivity index (χ0v) is 11.3. The molecule has 1 aromatic rings. The van der Waals surface area contributed by atoms with Crippen LogP contribution in [0.4, 0.5) is 0 Å². The lowest BCUT2D eigenvalue weighted by Gasteiger charge is -2.17. The van der Waals surface area contributed by atoms with Gasteiger partial charge in [-0.05, 0) is 26.0 Å². The van der Waals surface area contributed by atoms with Crippen LogP contribution in [0.1, 0.15) is 51.1 Å². The molecule has 0 heterocycles. The summed E-state index contributed by atoms with van der Waals surface area (Å²) in [6, 6.07) is 8.57. The molecule has 1 rings (SSSR count). The van der Waals surface area contributed by atoms with Gasteiger partial charge in [-0.1, -0.05) is 44.4 Å². The van der Waals surface area contributed by atoms with Crippen molar-refractivity contribution in [2.24, 2.45) is 0 Å². The summed E-state index contributed by atoms with van der Waals surface area (Å²) in [5.41, 5.74) is 1.24. The second-order valence-corrected chi connectivity index (χ2v) is 4.48. The number of para-hydroxylation sites is 1. The number of ether oxygens (including phenoxy) is 1. The molecule has 1 N–H and O–H groups in total. The SMILES string of the molecule is CCCCCCNC(C)c1ccccc1OC. The largest absolute Gasteiger partial charge is 0.496 e. The maximum Gasteiger partial charge on any atom is 0.123 e. The molecule has 1 unspecified atom stereocenters. The quantitative estimate of drug-likeness (QED) is 0.689. The van der Waals surface area contributed by atoms with Crippen LogP contribution in [0.3, 0.4) is 0 Å². The zero-order valence-electron chi connectivity index (χ0n) is 11.3. The van der Waals surface area contributed by atoms with Crippen molar-refractivity contribution in [2.45, 2.75) is 45.6 Å². The first-order chi connectivity index (χ1) is 8.29. The number of benzene rings is 1. The second-order valence-electron chi connectivity index (χ2n) is 4.48. The Labute approximate surface area is 105 Å². The highest BCUT2D eigenvalue weighted by Gasteiger charge is 2.09. The van der Waals surface area contributed by atoms with Crippen molar-refractivity contribution in [3.8, 4) is 5.75 Å². The molecule has 0 saturated heterocycles. The minimum absolute atomic E-state index is 0.354. The molecule has 0 saturated carbocycles. The van der Waals surface area contributed by atoms with Crippen molar-refractivity contribution in [2.75, 3.05) is 13.7 Å². The third kappa shape index (κ3) is 4.78. The Morgan fingerprint density at radius 1 is 1.18 bits per heavy atom. The van der Waals surface area contributed by atoms with Crippen LogP contribution in [0.15, 0.2) is 24.3 Å². The molecule has 1 atom stereocenters. The molecular formula is C15H25NO. The summed E-state index contributed by atoms with van der Waals surface area (Å²) in [4.78, 5) is 0. The standard InChI is InChI=1S/C15H25NO/c1-4-5-6-9-12-16-13(2)14-10-7-8-11-15(14)17-3/h7-8,10-11,13,16H,4-6,9,12H2,1-3H3. The Bertz CT molecular complexity index is 312. The lowest BCUT2D eigenvalue weighted by molar-refractivity contribution is 0.401. The van der Waals surface area contributed by atoms with E-state index in [9.17, 15) is 0 Å². The van der Waals surface area contributed by atoms with Gasteiger partial charge in [-0.3, -0.25) is 0 Å². The number of hydrogen-bond donors (Lipinski definition) is 1. The van der Waals surface area contributed by atoms with E-state index >= 15 is 0 Å². The van der Waals surface area contributed by atoms with Gasteiger partial charge in [-0.15, -0.1) is 0 Å². The molecule has 0 aromatic heterocycles. The highest BCUT2D eigenvalue weighted by Crippen LogP contribution is 2.24. The molecule has 0 spiro atoms. The van der Waals surface area contributed by atoms with Crippen molar-refractivity contribution in [1.82, 2.24) is 5.32 Å². The van der Waals surface area contributed by atoms with Gasteiger partial charge in [0, 0.05) is 11.6 Å². The molecule has 1 aromatic carbocycles. The first-order valence-corrected chi connectivity index (χ1v) is 6.66. The molecule has 0 radical (unpaired) electrons. The molecule has 2 nitrogen and oxygen atoms in total. The fraction of sp³-hybridized carbons (Fsp3) is 0.600. The lowest BCUT2D eigenvalue weighted by atomic mass is 10.1.